The summed E-state index contributed by atoms with van der Waals surface area (Å²) in [5, 5.41) is 13.0. The maximum Gasteiger partial charge on any atom is 0.247 e. The normalized spacial score (nSPS) is 11.2. The van der Waals surface area contributed by atoms with Crippen LogP contribution in [0.1, 0.15) is 5.56 Å². The summed E-state index contributed by atoms with van der Waals surface area (Å²) in [6, 6.07) is 7.80. The van der Waals surface area contributed by atoms with Crippen molar-refractivity contribution in [3.05, 3.63) is 72.3 Å². The number of halogens is 1. The maximum atomic E-state index is 12.0. The molecule has 0 spiro atoms. The van der Waals surface area contributed by atoms with Crippen molar-refractivity contribution >= 4 is 34.2 Å². The molecule has 170 valence electrons. The number of aryl methyl sites for hydroxylation is 3. The van der Waals surface area contributed by atoms with Gasteiger partial charge in [-0.05, 0) is 36.3 Å². The van der Waals surface area contributed by atoms with Gasteiger partial charge in [0.25, 0.3) is 0 Å². The van der Waals surface area contributed by atoms with E-state index in [0.29, 0.717) is 16.4 Å². The van der Waals surface area contributed by atoms with E-state index in [0.717, 1.165) is 44.6 Å². The third-order valence-electron chi connectivity index (χ3n) is 5.71. The van der Waals surface area contributed by atoms with Gasteiger partial charge in [-0.15, -0.1) is 0 Å². The molecular weight excluding hydrogens is 450 g/mol. The fourth-order valence-corrected chi connectivity index (χ4v) is 4.34. The number of benzene rings is 1. The first-order chi connectivity index (χ1) is 16.4. The smallest absolute Gasteiger partial charge is 0.247 e. The molecule has 0 unspecified atom stereocenters. The molecule has 0 radical (unpaired) electrons. The highest BCUT2D eigenvalue weighted by molar-refractivity contribution is 6.39. The van der Waals surface area contributed by atoms with Gasteiger partial charge in [0.05, 0.1) is 22.6 Å². The van der Waals surface area contributed by atoms with E-state index in [1.54, 1.807) is 21.8 Å². The number of aromatic amines is 1. The van der Waals surface area contributed by atoms with E-state index in [9.17, 15) is 4.79 Å². The quantitative estimate of drug-likeness (QED) is 0.348. The predicted octanol–water partition coefficient (Wildman–Crippen LogP) is 5.12. The highest BCUT2D eigenvalue weighted by Gasteiger charge is 2.22. The average molecular weight is 472 g/mol. The Kier molecular flexibility index (Phi) is 5.30. The minimum absolute atomic E-state index is 0.274. The Hall–Kier alpha value is -4.17. The Bertz CT molecular complexity index is 1570. The number of rotatable bonds is 5. The van der Waals surface area contributed by atoms with Crippen molar-refractivity contribution in [2.24, 2.45) is 14.1 Å². The first-order valence-electron chi connectivity index (χ1n) is 10.6. The lowest BCUT2D eigenvalue weighted by atomic mass is 9.97. The number of amides is 1. The standard InChI is InChI=1S/C25H22ClN7O/c1-5-20(34)29-19-10-15(7-6-14(19)2)21-22-23(26)17(18-8-9-32(3)31-18)12-27-25(22)30-24(21)16-11-28-33(4)13-16/h5-13H,1H2,2-4H3,(H,27,30)(H,29,34). The van der Waals surface area contributed by atoms with E-state index in [2.05, 4.69) is 32.1 Å². The molecule has 0 atom stereocenters. The van der Waals surface area contributed by atoms with Crippen LogP contribution in [0.4, 0.5) is 5.69 Å². The van der Waals surface area contributed by atoms with Gasteiger partial charge in [0.2, 0.25) is 5.91 Å². The minimum atomic E-state index is -0.274. The molecule has 34 heavy (non-hydrogen) atoms. The van der Waals surface area contributed by atoms with Crippen LogP contribution in [0, 0.1) is 6.92 Å². The Morgan fingerprint density at radius 2 is 2.00 bits per heavy atom. The molecule has 9 heteroatoms. The summed E-state index contributed by atoms with van der Waals surface area (Å²) in [6.45, 7) is 5.49. The average Bonchev–Trinajstić information content (AvgIpc) is 3.54. The number of hydrogen-bond acceptors (Lipinski definition) is 4. The fourth-order valence-electron chi connectivity index (χ4n) is 4.01. The highest BCUT2D eigenvalue weighted by Crippen LogP contribution is 2.44. The van der Waals surface area contributed by atoms with Gasteiger partial charge in [0.15, 0.2) is 0 Å². The third-order valence-corrected chi connectivity index (χ3v) is 6.10. The van der Waals surface area contributed by atoms with Crippen molar-refractivity contribution in [1.82, 2.24) is 29.5 Å². The summed E-state index contributed by atoms with van der Waals surface area (Å²) in [7, 11) is 3.72. The number of carbonyl (C=O) groups is 1. The van der Waals surface area contributed by atoms with Gasteiger partial charge in [-0.2, -0.15) is 10.2 Å². The monoisotopic (exact) mass is 471 g/mol. The first kappa shape index (κ1) is 21.7. The molecule has 5 aromatic rings. The number of nitrogens with zero attached hydrogens (tertiary/aromatic N) is 5. The lowest BCUT2D eigenvalue weighted by Gasteiger charge is -2.11. The first-order valence-corrected chi connectivity index (χ1v) is 11.0. The largest absolute Gasteiger partial charge is 0.339 e. The Labute approximate surface area is 200 Å². The zero-order chi connectivity index (χ0) is 24.0. The Morgan fingerprint density at radius 3 is 2.68 bits per heavy atom. The fraction of sp³-hybridized carbons (Fsp3) is 0.120. The van der Waals surface area contributed by atoms with Crippen molar-refractivity contribution in [1.29, 1.82) is 0 Å². The topological polar surface area (TPSA) is 93.4 Å². The van der Waals surface area contributed by atoms with Crippen LogP contribution >= 0.6 is 11.6 Å². The molecule has 0 bridgehead atoms. The van der Waals surface area contributed by atoms with E-state index in [-0.39, 0.29) is 5.91 Å². The molecule has 0 saturated heterocycles. The summed E-state index contributed by atoms with van der Waals surface area (Å²) >= 11 is 7.01. The lowest BCUT2D eigenvalue weighted by molar-refractivity contribution is -0.111. The van der Waals surface area contributed by atoms with Gasteiger partial charge in [-0.1, -0.05) is 30.3 Å². The summed E-state index contributed by atoms with van der Waals surface area (Å²) in [5.41, 5.74) is 7.21. The number of anilines is 1. The number of pyridine rings is 1. The second-order valence-electron chi connectivity index (χ2n) is 8.08. The van der Waals surface area contributed by atoms with Gasteiger partial charge in [0.1, 0.15) is 5.65 Å². The van der Waals surface area contributed by atoms with Crippen molar-refractivity contribution < 1.29 is 4.79 Å². The zero-order valence-corrected chi connectivity index (χ0v) is 19.7. The summed E-state index contributed by atoms with van der Waals surface area (Å²) < 4.78 is 3.47. The number of nitrogens with one attached hydrogen (secondary N) is 2. The molecule has 2 N–H and O–H groups in total. The number of aromatic nitrogens is 6. The van der Waals surface area contributed by atoms with Crippen molar-refractivity contribution in [3.8, 4) is 33.6 Å². The molecule has 0 saturated carbocycles. The molecule has 8 nitrogen and oxygen atoms in total. The number of hydrogen-bond donors (Lipinski definition) is 2. The van der Waals surface area contributed by atoms with E-state index in [4.69, 9.17) is 11.6 Å². The maximum absolute atomic E-state index is 12.0. The van der Waals surface area contributed by atoms with Crippen molar-refractivity contribution in [3.63, 3.8) is 0 Å². The molecule has 0 fully saturated rings. The zero-order valence-electron chi connectivity index (χ0n) is 18.9. The van der Waals surface area contributed by atoms with E-state index in [1.165, 1.54) is 6.08 Å². The molecule has 0 aliphatic heterocycles. The third kappa shape index (κ3) is 3.68. The van der Waals surface area contributed by atoms with Crippen molar-refractivity contribution in [2.45, 2.75) is 6.92 Å². The molecule has 4 aromatic heterocycles. The number of fused-ring (bicyclic) bond motifs is 1. The minimum Gasteiger partial charge on any atom is -0.339 e. The van der Waals surface area contributed by atoms with Gasteiger partial charge in [0, 0.05) is 60.4 Å². The Balaban J connectivity index is 1.80. The van der Waals surface area contributed by atoms with Crippen LogP contribution < -0.4 is 5.32 Å². The van der Waals surface area contributed by atoms with E-state index in [1.807, 2.05) is 57.7 Å². The second kappa shape index (κ2) is 8.31. The van der Waals surface area contributed by atoms with Gasteiger partial charge < -0.3 is 10.3 Å². The molecule has 0 aliphatic rings. The molecule has 1 aromatic carbocycles. The van der Waals surface area contributed by atoms with Gasteiger partial charge in [-0.25, -0.2) is 4.98 Å². The molecule has 5 rings (SSSR count). The van der Waals surface area contributed by atoms with E-state index < -0.39 is 0 Å². The second-order valence-corrected chi connectivity index (χ2v) is 8.46. The van der Waals surface area contributed by atoms with Crippen LogP contribution in [0.15, 0.2) is 61.7 Å². The molecular formula is C25H22ClN7O. The predicted molar refractivity (Wildman–Crippen MR) is 135 cm³/mol. The van der Waals surface area contributed by atoms with Crippen LogP contribution in [0.25, 0.3) is 44.7 Å². The SMILES string of the molecule is C=CC(=O)Nc1cc(-c2c(-c3cnn(C)c3)[nH]c3ncc(-c4ccn(C)n4)c(Cl)c23)ccc1C. The van der Waals surface area contributed by atoms with Gasteiger partial charge in [-0.3, -0.25) is 14.2 Å². The molecule has 4 heterocycles. The van der Waals surface area contributed by atoms with Crippen LogP contribution in [0.3, 0.4) is 0 Å². The highest BCUT2D eigenvalue weighted by atomic mass is 35.5. The Morgan fingerprint density at radius 1 is 1.18 bits per heavy atom. The van der Waals surface area contributed by atoms with Crippen LogP contribution in [-0.4, -0.2) is 35.4 Å². The number of carbonyl (C=O) groups excluding carboxylic acids is 1. The summed E-state index contributed by atoms with van der Waals surface area (Å²) in [4.78, 5) is 20.1. The van der Waals surface area contributed by atoms with Crippen LogP contribution in [0.5, 0.6) is 0 Å². The molecule has 1 amide bonds. The summed E-state index contributed by atoms with van der Waals surface area (Å²) in [5.74, 6) is -0.274. The van der Waals surface area contributed by atoms with Crippen LogP contribution in [-0.2, 0) is 18.9 Å². The number of H-pyrrole nitrogens is 1. The summed E-state index contributed by atoms with van der Waals surface area (Å²) in [6.07, 6.45) is 8.56. The van der Waals surface area contributed by atoms with Gasteiger partial charge >= 0.3 is 0 Å². The van der Waals surface area contributed by atoms with E-state index >= 15 is 0 Å². The lowest BCUT2D eigenvalue weighted by Crippen LogP contribution is -2.08. The van der Waals surface area contributed by atoms with Crippen LogP contribution in [0.2, 0.25) is 5.02 Å². The molecule has 0 aliphatic carbocycles. The van der Waals surface area contributed by atoms with Crippen molar-refractivity contribution in [2.75, 3.05) is 5.32 Å².